The summed E-state index contributed by atoms with van der Waals surface area (Å²) < 4.78 is 41.8. The van der Waals surface area contributed by atoms with Crippen LogP contribution in [0.3, 0.4) is 0 Å². The van der Waals surface area contributed by atoms with Gasteiger partial charge in [-0.3, -0.25) is 0 Å². The van der Waals surface area contributed by atoms with E-state index in [4.69, 9.17) is 0 Å². The second kappa shape index (κ2) is 8.16. The van der Waals surface area contributed by atoms with Crippen LogP contribution in [0.15, 0.2) is 53.4 Å². The highest BCUT2D eigenvalue weighted by atomic mass is 32.2. The van der Waals surface area contributed by atoms with Gasteiger partial charge in [-0.2, -0.15) is 4.31 Å². The zero-order valence-electron chi connectivity index (χ0n) is 14.8. The molecular weight excluding hydrogens is 353 g/mol. The molecule has 2 N–H and O–H groups in total. The average Bonchev–Trinajstić information content (AvgIpc) is 2.67. The summed E-state index contributed by atoms with van der Waals surface area (Å²) in [7, 11) is -1.80. The third-order valence-electron chi connectivity index (χ3n) is 4.76. The molecule has 2 aromatic carbocycles. The van der Waals surface area contributed by atoms with E-state index in [-0.39, 0.29) is 11.9 Å². The number of anilines is 1. The topological polar surface area (TPSA) is 61.4 Å². The predicted octanol–water partition coefficient (Wildman–Crippen LogP) is 2.46. The Balaban J connectivity index is 1.80. The Morgan fingerprint density at radius 2 is 1.96 bits per heavy atom. The van der Waals surface area contributed by atoms with E-state index >= 15 is 0 Å². The van der Waals surface area contributed by atoms with Crippen LogP contribution in [0.4, 0.5) is 10.1 Å². The van der Waals surface area contributed by atoms with Gasteiger partial charge in [-0.1, -0.05) is 24.3 Å². The molecule has 0 saturated carbocycles. The van der Waals surface area contributed by atoms with Crippen molar-refractivity contribution in [3.63, 3.8) is 0 Å². The highest BCUT2D eigenvalue weighted by molar-refractivity contribution is 7.89. The number of benzene rings is 2. The molecule has 140 valence electrons. The van der Waals surface area contributed by atoms with Crippen LogP contribution < -0.4 is 10.6 Å². The van der Waals surface area contributed by atoms with Crippen molar-refractivity contribution in [3.05, 3.63) is 59.9 Å². The first-order valence-corrected chi connectivity index (χ1v) is 10.2. The monoisotopic (exact) mass is 377 g/mol. The molecule has 0 radical (unpaired) electrons. The minimum Gasteiger partial charge on any atom is -0.388 e. The minimum absolute atomic E-state index is 0.210. The third-order valence-corrected chi connectivity index (χ3v) is 6.73. The summed E-state index contributed by atoms with van der Waals surface area (Å²) in [5, 5.41) is 6.26. The highest BCUT2D eigenvalue weighted by Crippen LogP contribution is 2.25. The fourth-order valence-electron chi connectivity index (χ4n) is 3.39. The molecule has 0 spiro atoms. The molecule has 1 aliphatic rings. The van der Waals surface area contributed by atoms with Gasteiger partial charge in [0.2, 0.25) is 10.0 Å². The average molecular weight is 377 g/mol. The lowest BCUT2D eigenvalue weighted by Crippen LogP contribution is -2.53. The van der Waals surface area contributed by atoms with Crippen molar-refractivity contribution in [1.29, 1.82) is 0 Å². The second-order valence-electron chi connectivity index (χ2n) is 6.34. The van der Waals surface area contributed by atoms with Gasteiger partial charge in [0.15, 0.2) is 0 Å². The first kappa shape index (κ1) is 18.8. The van der Waals surface area contributed by atoms with Crippen molar-refractivity contribution < 1.29 is 12.8 Å². The van der Waals surface area contributed by atoms with Gasteiger partial charge in [-0.15, -0.1) is 0 Å². The maximum atomic E-state index is 14.2. The number of sulfonamides is 1. The number of rotatable bonds is 6. The Labute approximate surface area is 154 Å². The second-order valence-corrected chi connectivity index (χ2v) is 8.23. The van der Waals surface area contributed by atoms with Crippen LogP contribution in [0, 0.1) is 5.82 Å². The summed E-state index contributed by atoms with van der Waals surface area (Å²) in [6.07, 6.45) is 1.02. The number of nitrogens with one attached hydrogen (secondary N) is 2. The molecule has 0 aliphatic carbocycles. The Bertz CT molecular complexity index is 843. The lowest BCUT2D eigenvalue weighted by Gasteiger charge is -2.35. The van der Waals surface area contributed by atoms with Crippen LogP contribution >= 0.6 is 0 Å². The van der Waals surface area contributed by atoms with E-state index in [0.29, 0.717) is 42.9 Å². The lowest BCUT2D eigenvalue weighted by molar-refractivity contribution is 0.255. The molecule has 3 rings (SSSR count). The Kier molecular flexibility index (Phi) is 5.90. The van der Waals surface area contributed by atoms with Crippen molar-refractivity contribution in [2.24, 2.45) is 0 Å². The van der Waals surface area contributed by atoms with Gasteiger partial charge in [0, 0.05) is 44.0 Å². The quantitative estimate of drug-likeness (QED) is 0.812. The van der Waals surface area contributed by atoms with E-state index in [1.54, 1.807) is 47.8 Å². The Morgan fingerprint density at radius 1 is 1.19 bits per heavy atom. The van der Waals surface area contributed by atoms with Crippen molar-refractivity contribution in [3.8, 4) is 0 Å². The van der Waals surface area contributed by atoms with E-state index in [0.717, 1.165) is 5.69 Å². The van der Waals surface area contributed by atoms with E-state index in [9.17, 15) is 12.8 Å². The molecule has 0 bridgehead atoms. The van der Waals surface area contributed by atoms with Crippen molar-refractivity contribution in [1.82, 2.24) is 9.62 Å². The molecule has 1 unspecified atom stereocenters. The first-order valence-electron chi connectivity index (χ1n) is 8.77. The van der Waals surface area contributed by atoms with Crippen LogP contribution in [0.5, 0.6) is 0 Å². The van der Waals surface area contributed by atoms with Crippen LogP contribution in [0.1, 0.15) is 12.0 Å². The minimum atomic E-state index is -3.56. The molecule has 1 fully saturated rings. The normalized spacial score (nSPS) is 18.6. The van der Waals surface area contributed by atoms with E-state index < -0.39 is 10.0 Å². The molecule has 2 aromatic rings. The van der Waals surface area contributed by atoms with Gasteiger partial charge >= 0.3 is 0 Å². The van der Waals surface area contributed by atoms with E-state index in [1.807, 2.05) is 6.07 Å². The predicted molar refractivity (Wildman–Crippen MR) is 101 cm³/mol. The van der Waals surface area contributed by atoms with Gasteiger partial charge in [-0.25, -0.2) is 12.8 Å². The number of hydrogen-bond donors (Lipinski definition) is 2. The van der Waals surface area contributed by atoms with Gasteiger partial charge in [0.25, 0.3) is 0 Å². The maximum absolute atomic E-state index is 14.2. The standard InChI is InChI=1S/C19H24FN3O2S/c1-21-19-9-5-8-18(20)17(19)11-10-15-14-22-12-13-23(15)26(24,25)16-6-3-2-4-7-16/h2-9,15,21-22H,10-14H2,1H3. The van der Waals surface area contributed by atoms with Gasteiger partial charge in [0.1, 0.15) is 5.82 Å². The summed E-state index contributed by atoms with van der Waals surface area (Å²) in [6, 6.07) is 13.2. The summed E-state index contributed by atoms with van der Waals surface area (Å²) in [6.45, 7) is 1.59. The Morgan fingerprint density at radius 3 is 2.69 bits per heavy atom. The van der Waals surface area contributed by atoms with Gasteiger partial charge in [-0.05, 0) is 37.1 Å². The summed E-state index contributed by atoms with van der Waals surface area (Å²) >= 11 is 0. The first-order chi connectivity index (χ1) is 12.5. The number of piperazine rings is 1. The number of halogens is 1. The van der Waals surface area contributed by atoms with Gasteiger partial charge in [0.05, 0.1) is 4.90 Å². The molecule has 0 amide bonds. The summed E-state index contributed by atoms with van der Waals surface area (Å²) in [4.78, 5) is 0.300. The number of nitrogens with zero attached hydrogens (tertiary/aromatic N) is 1. The molecular formula is C19H24FN3O2S. The fourth-order valence-corrected chi connectivity index (χ4v) is 5.07. The summed E-state index contributed by atoms with van der Waals surface area (Å²) in [5.41, 5.74) is 1.34. The van der Waals surface area contributed by atoms with Gasteiger partial charge < -0.3 is 10.6 Å². The molecule has 1 atom stereocenters. The largest absolute Gasteiger partial charge is 0.388 e. The van der Waals surface area contributed by atoms with Crippen molar-refractivity contribution in [2.75, 3.05) is 32.0 Å². The van der Waals surface area contributed by atoms with Crippen LogP contribution in [-0.4, -0.2) is 45.4 Å². The molecule has 5 nitrogen and oxygen atoms in total. The smallest absolute Gasteiger partial charge is 0.243 e. The summed E-state index contributed by atoms with van der Waals surface area (Å²) in [5.74, 6) is -0.266. The third kappa shape index (κ3) is 3.90. The number of hydrogen-bond acceptors (Lipinski definition) is 4. The molecule has 1 heterocycles. The fraction of sp³-hybridized carbons (Fsp3) is 0.368. The highest BCUT2D eigenvalue weighted by Gasteiger charge is 2.33. The molecule has 1 saturated heterocycles. The lowest BCUT2D eigenvalue weighted by atomic mass is 10.0. The molecule has 0 aromatic heterocycles. The zero-order chi connectivity index (χ0) is 18.6. The van der Waals surface area contributed by atoms with Crippen LogP contribution in [-0.2, 0) is 16.4 Å². The van der Waals surface area contributed by atoms with Crippen molar-refractivity contribution in [2.45, 2.75) is 23.8 Å². The van der Waals surface area contributed by atoms with Crippen LogP contribution in [0.25, 0.3) is 0 Å². The van der Waals surface area contributed by atoms with E-state index in [2.05, 4.69) is 10.6 Å². The molecule has 26 heavy (non-hydrogen) atoms. The van der Waals surface area contributed by atoms with Crippen molar-refractivity contribution >= 4 is 15.7 Å². The molecule has 7 heteroatoms. The van der Waals surface area contributed by atoms with E-state index in [1.165, 1.54) is 6.07 Å². The van der Waals surface area contributed by atoms with Crippen LogP contribution in [0.2, 0.25) is 0 Å². The molecule has 1 aliphatic heterocycles. The Hall–Kier alpha value is -1.96. The zero-order valence-corrected chi connectivity index (χ0v) is 15.6. The SMILES string of the molecule is CNc1cccc(F)c1CCC1CNCCN1S(=O)(=O)c1ccccc1. The maximum Gasteiger partial charge on any atom is 0.243 e.